The van der Waals surface area contributed by atoms with Crippen LogP contribution in [0.2, 0.25) is 0 Å². The highest BCUT2D eigenvalue weighted by Crippen LogP contribution is 2.05. The third kappa shape index (κ3) is 8.33. The van der Waals surface area contributed by atoms with Crippen molar-refractivity contribution < 1.29 is 9.84 Å². The van der Waals surface area contributed by atoms with Gasteiger partial charge in [0.2, 0.25) is 0 Å². The van der Waals surface area contributed by atoms with Crippen molar-refractivity contribution in [3.63, 3.8) is 0 Å². The zero-order chi connectivity index (χ0) is 9.23. The first kappa shape index (κ1) is 12.2. The van der Waals surface area contributed by atoms with Crippen molar-refractivity contribution in [2.75, 3.05) is 31.8 Å². The first-order chi connectivity index (χ1) is 5.81. The summed E-state index contributed by atoms with van der Waals surface area (Å²) >= 11 is 1.84. The Labute approximate surface area is 78.7 Å². The fourth-order valence-corrected chi connectivity index (χ4v) is 1.71. The highest BCUT2D eigenvalue weighted by atomic mass is 32.2. The van der Waals surface area contributed by atoms with E-state index in [9.17, 15) is 0 Å². The Hall–Kier alpha value is 0.230. The topological polar surface area (TPSA) is 55.5 Å². The van der Waals surface area contributed by atoms with Crippen molar-refractivity contribution in [2.45, 2.75) is 18.9 Å². The zero-order valence-electron chi connectivity index (χ0n) is 7.66. The molecule has 0 aromatic carbocycles. The standard InChI is InChI=1S/C8H19NO2S/c1-11-4-2-5-12-6-3-8(10)7-9/h8,10H,2-7,9H2,1H3. The monoisotopic (exact) mass is 193 g/mol. The van der Waals surface area contributed by atoms with E-state index in [-0.39, 0.29) is 6.10 Å². The maximum atomic E-state index is 9.10. The maximum absolute atomic E-state index is 9.10. The summed E-state index contributed by atoms with van der Waals surface area (Å²) in [6.07, 6.45) is 1.56. The SMILES string of the molecule is COCCCSCCC(O)CN. The lowest BCUT2D eigenvalue weighted by Crippen LogP contribution is -2.20. The molecule has 0 amide bonds. The van der Waals surface area contributed by atoms with Gasteiger partial charge >= 0.3 is 0 Å². The second-order valence-electron chi connectivity index (χ2n) is 2.64. The van der Waals surface area contributed by atoms with E-state index in [1.807, 2.05) is 11.8 Å². The molecule has 0 aliphatic rings. The number of hydrogen-bond acceptors (Lipinski definition) is 4. The van der Waals surface area contributed by atoms with Gasteiger partial charge in [-0.15, -0.1) is 0 Å². The van der Waals surface area contributed by atoms with Gasteiger partial charge in [-0.05, 0) is 24.3 Å². The number of thioether (sulfide) groups is 1. The van der Waals surface area contributed by atoms with E-state index >= 15 is 0 Å². The Bertz CT molecular complexity index is 93.1. The van der Waals surface area contributed by atoms with Crippen molar-refractivity contribution >= 4 is 11.8 Å². The second kappa shape index (κ2) is 9.32. The van der Waals surface area contributed by atoms with E-state index in [2.05, 4.69) is 0 Å². The van der Waals surface area contributed by atoms with Crippen LogP contribution in [0.15, 0.2) is 0 Å². The molecule has 3 nitrogen and oxygen atoms in total. The molecule has 0 saturated heterocycles. The Kier molecular flexibility index (Phi) is 9.50. The molecule has 0 aromatic rings. The quantitative estimate of drug-likeness (QED) is 0.550. The van der Waals surface area contributed by atoms with Crippen molar-refractivity contribution in [3.05, 3.63) is 0 Å². The van der Waals surface area contributed by atoms with Gasteiger partial charge in [-0.1, -0.05) is 0 Å². The summed E-state index contributed by atoms with van der Waals surface area (Å²) in [6.45, 7) is 1.20. The molecule has 74 valence electrons. The van der Waals surface area contributed by atoms with Crippen molar-refractivity contribution in [3.8, 4) is 0 Å². The number of aliphatic hydroxyl groups excluding tert-OH is 1. The summed E-state index contributed by atoms with van der Waals surface area (Å²) < 4.78 is 4.91. The van der Waals surface area contributed by atoms with Crippen molar-refractivity contribution in [1.29, 1.82) is 0 Å². The van der Waals surface area contributed by atoms with Gasteiger partial charge in [0.25, 0.3) is 0 Å². The first-order valence-corrected chi connectivity index (χ1v) is 5.41. The molecular formula is C8H19NO2S. The Balaban J connectivity index is 2.90. The van der Waals surface area contributed by atoms with Crippen molar-refractivity contribution in [2.24, 2.45) is 5.73 Å². The summed E-state index contributed by atoms with van der Waals surface area (Å²) in [7, 11) is 1.71. The van der Waals surface area contributed by atoms with Crippen LogP contribution < -0.4 is 5.73 Å². The molecule has 0 heterocycles. The number of methoxy groups -OCH3 is 1. The lowest BCUT2D eigenvalue weighted by atomic mass is 10.3. The highest BCUT2D eigenvalue weighted by Gasteiger charge is 1.99. The van der Waals surface area contributed by atoms with Gasteiger partial charge in [0.1, 0.15) is 0 Å². The van der Waals surface area contributed by atoms with Gasteiger partial charge in [-0.25, -0.2) is 0 Å². The smallest absolute Gasteiger partial charge is 0.0670 e. The van der Waals surface area contributed by atoms with Gasteiger partial charge in [-0.3, -0.25) is 0 Å². The number of ether oxygens (including phenoxy) is 1. The minimum atomic E-state index is -0.320. The Morgan fingerprint density at radius 3 is 2.83 bits per heavy atom. The van der Waals surface area contributed by atoms with Gasteiger partial charge < -0.3 is 15.6 Å². The van der Waals surface area contributed by atoms with Gasteiger partial charge in [0.05, 0.1) is 6.10 Å². The fraction of sp³-hybridized carbons (Fsp3) is 1.00. The Morgan fingerprint density at radius 1 is 1.50 bits per heavy atom. The van der Waals surface area contributed by atoms with E-state index < -0.39 is 0 Å². The summed E-state index contributed by atoms with van der Waals surface area (Å²) in [5, 5.41) is 9.10. The molecule has 0 fully saturated rings. The molecule has 0 radical (unpaired) electrons. The largest absolute Gasteiger partial charge is 0.392 e. The highest BCUT2D eigenvalue weighted by molar-refractivity contribution is 7.99. The van der Waals surface area contributed by atoms with E-state index in [0.717, 1.165) is 31.0 Å². The molecule has 0 aliphatic carbocycles. The summed E-state index contributed by atoms with van der Waals surface area (Å²) in [4.78, 5) is 0. The molecule has 4 heteroatoms. The zero-order valence-corrected chi connectivity index (χ0v) is 8.48. The van der Waals surface area contributed by atoms with E-state index in [0.29, 0.717) is 6.54 Å². The third-order valence-electron chi connectivity index (χ3n) is 1.50. The predicted molar refractivity (Wildman–Crippen MR) is 53.5 cm³/mol. The lowest BCUT2D eigenvalue weighted by Gasteiger charge is -2.06. The fourth-order valence-electron chi connectivity index (χ4n) is 0.745. The molecule has 3 N–H and O–H groups in total. The molecule has 0 bridgehead atoms. The number of nitrogens with two attached hydrogens (primary N) is 1. The van der Waals surface area contributed by atoms with Crippen LogP contribution in [0.1, 0.15) is 12.8 Å². The van der Waals surface area contributed by atoms with Crippen molar-refractivity contribution in [1.82, 2.24) is 0 Å². The molecule has 0 spiro atoms. The minimum Gasteiger partial charge on any atom is -0.392 e. The van der Waals surface area contributed by atoms with E-state index in [1.54, 1.807) is 7.11 Å². The van der Waals surface area contributed by atoms with Gasteiger partial charge in [-0.2, -0.15) is 11.8 Å². The third-order valence-corrected chi connectivity index (χ3v) is 2.61. The molecule has 0 aromatic heterocycles. The average molecular weight is 193 g/mol. The summed E-state index contributed by atoms with van der Waals surface area (Å²) in [6, 6.07) is 0. The molecule has 1 atom stereocenters. The Morgan fingerprint density at radius 2 is 2.25 bits per heavy atom. The number of aliphatic hydroxyl groups is 1. The molecule has 0 saturated carbocycles. The van der Waals surface area contributed by atoms with Gasteiger partial charge in [0.15, 0.2) is 0 Å². The molecule has 0 aliphatic heterocycles. The molecule has 1 unspecified atom stereocenters. The predicted octanol–water partition coefficient (Wildman–Crippen LogP) is 0.466. The van der Waals surface area contributed by atoms with Gasteiger partial charge in [0, 0.05) is 20.3 Å². The first-order valence-electron chi connectivity index (χ1n) is 4.26. The van der Waals surface area contributed by atoms with Crippen LogP contribution in [-0.4, -0.2) is 43.0 Å². The molecule has 0 rings (SSSR count). The number of hydrogen-bond donors (Lipinski definition) is 2. The van der Waals surface area contributed by atoms with E-state index in [1.165, 1.54) is 0 Å². The molecular weight excluding hydrogens is 174 g/mol. The number of rotatable bonds is 8. The van der Waals surface area contributed by atoms with Crippen LogP contribution in [0.4, 0.5) is 0 Å². The minimum absolute atomic E-state index is 0.320. The molecule has 12 heavy (non-hydrogen) atoms. The van der Waals surface area contributed by atoms with Crippen LogP contribution in [0.25, 0.3) is 0 Å². The normalized spacial score (nSPS) is 13.2. The van der Waals surface area contributed by atoms with Crippen LogP contribution >= 0.6 is 11.8 Å². The maximum Gasteiger partial charge on any atom is 0.0670 e. The van der Waals surface area contributed by atoms with Crippen LogP contribution in [0, 0.1) is 0 Å². The summed E-state index contributed by atoms with van der Waals surface area (Å²) in [5.41, 5.74) is 5.26. The van der Waals surface area contributed by atoms with Crippen LogP contribution in [-0.2, 0) is 4.74 Å². The lowest BCUT2D eigenvalue weighted by molar-refractivity contribution is 0.180. The van der Waals surface area contributed by atoms with E-state index in [4.69, 9.17) is 15.6 Å². The second-order valence-corrected chi connectivity index (χ2v) is 3.86. The average Bonchev–Trinajstić information content (AvgIpc) is 2.10. The van der Waals surface area contributed by atoms with Crippen LogP contribution in [0.3, 0.4) is 0 Å². The van der Waals surface area contributed by atoms with Crippen LogP contribution in [0.5, 0.6) is 0 Å². The summed E-state index contributed by atoms with van der Waals surface area (Å²) in [5.74, 6) is 2.09.